The minimum absolute atomic E-state index is 0.112. The maximum absolute atomic E-state index is 11.1. The molecule has 0 saturated heterocycles. The predicted octanol–water partition coefficient (Wildman–Crippen LogP) is 0.835. The second-order valence-electron chi connectivity index (χ2n) is 5.60. The van der Waals surface area contributed by atoms with Crippen molar-refractivity contribution in [2.75, 3.05) is 13.6 Å². The summed E-state index contributed by atoms with van der Waals surface area (Å²) < 4.78 is 3.30. The van der Waals surface area contributed by atoms with Gasteiger partial charge in [-0.3, -0.25) is 4.68 Å². The molecule has 0 unspecified atom stereocenters. The Hall–Kier alpha value is -2.74. The molecule has 0 amide bonds. The lowest BCUT2D eigenvalue weighted by Gasteiger charge is -2.15. The highest BCUT2D eigenvalue weighted by molar-refractivity contribution is 5.93. The standard InChI is InChI=1S/C15H18N6O2/c1-19(4-3-11-6-17-20(2)9-11)8-12-5-16-14-13(15(22)23)7-18-21(14)10-12/h5-7,9-10H,3-4,8H2,1-2H3,(H,22,23). The van der Waals surface area contributed by atoms with Gasteiger partial charge < -0.3 is 10.0 Å². The molecule has 0 radical (unpaired) electrons. The SMILES string of the molecule is CN(CCc1cnn(C)c1)Cc1cnc2c(C(=O)O)cnn2c1. The van der Waals surface area contributed by atoms with E-state index in [1.807, 2.05) is 32.7 Å². The molecule has 0 spiro atoms. The van der Waals surface area contributed by atoms with Gasteiger partial charge in [-0.1, -0.05) is 0 Å². The fourth-order valence-corrected chi connectivity index (χ4v) is 2.46. The summed E-state index contributed by atoms with van der Waals surface area (Å²) in [5.41, 5.74) is 2.65. The number of hydrogen-bond donors (Lipinski definition) is 1. The number of carboxylic acids is 1. The molecule has 23 heavy (non-hydrogen) atoms. The predicted molar refractivity (Wildman–Crippen MR) is 83.2 cm³/mol. The van der Waals surface area contributed by atoms with Gasteiger partial charge in [0.25, 0.3) is 0 Å². The summed E-state index contributed by atoms with van der Waals surface area (Å²) in [6.45, 7) is 1.61. The molecule has 0 atom stereocenters. The van der Waals surface area contributed by atoms with Crippen LogP contribution in [0.4, 0.5) is 0 Å². The van der Waals surface area contributed by atoms with Crippen LogP contribution < -0.4 is 0 Å². The molecule has 3 rings (SSSR count). The topological polar surface area (TPSA) is 88.5 Å². The van der Waals surface area contributed by atoms with E-state index in [-0.39, 0.29) is 5.56 Å². The van der Waals surface area contributed by atoms with Gasteiger partial charge in [0.2, 0.25) is 0 Å². The van der Waals surface area contributed by atoms with Crippen LogP contribution in [0.5, 0.6) is 0 Å². The summed E-state index contributed by atoms with van der Waals surface area (Å²) in [5.74, 6) is -1.02. The second-order valence-corrected chi connectivity index (χ2v) is 5.60. The summed E-state index contributed by atoms with van der Waals surface area (Å²) in [4.78, 5) is 17.4. The molecule has 0 aliphatic rings. The average Bonchev–Trinajstić information content (AvgIpc) is 3.10. The largest absolute Gasteiger partial charge is 0.477 e. The van der Waals surface area contributed by atoms with E-state index in [9.17, 15) is 4.79 Å². The number of aromatic carboxylic acids is 1. The van der Waals surface area contributed by atoms with Gasteiger partial charge in [-0.05, 0) is 19.0 Å². The Bertz CT molecular complexity index is 837. The zero-order valence-electron chi connectivity index (χ0n) is 13.0. The van der Waals surface area contributed by atoms with Crippen LogP contribution >= 0.6 is 0 Å². The molecule has 0 bridgehead atoms. The van der Waals surface area contributed by atoms with Crippen LogP contribution in [0.25, 0.3) is 5.65 Å². The number of likely N-dealkylation sites (N-methyl/N-ethyl adjacent to an activating group) is 1. The Kier molecular flexibility index (Phi) is 4.07. The van der Waals surface area contributed by atoms with Crippen molar-refractivity contribution >= 4 is 11.6 Å². The van der Waals surface area contributed by atoms with Gasteiger partial charge in [0.15, 0.2) is 5.65 Å². The van der Waals surface area contributed by atoms with Gasteiger partial charge in [0.05, 0.1) is 12.4 Å². The van der Waals surface area contributed by atoms with Crippen molar-refractivity contribution in [3.05, 3.63) is 47.7 Å². The van der Waals surface area contributed by atoms with E-state index >= 15 is 0 Å². The molecule has 3 aromatic heterocycles. The van der Waals surface area contributed by atoms with Crippen molar-refractivity contribution in [1.82, 2.24) is 29.3 Å². The first-order valence-electron chi connectivity index (χ1n) is 7.24. The number of rotatable bonds is 6. The van der Waals surface area contributed by atoms with E-state index in [0.29, 0.717) is 12.2 Å². The molecular weight excluding hydrogens is 296 g/mol. The lowest BCUT2D eigenvalue weighted by molar-refractivity contribution is 0.0698. The Morgan fingerprint density at radius 2 is 2.04 bits per heavy atom. The van der Waals surface area contributed by atoms with Crippen molar-refractivity contribution in [2.45, 2.75) is 13.0 Å². The minimum Gasteiger partial charge on any atom is -0.477 e. The average molecular weight is 314 g/mol. The fraction of sp³-hybridized carbons (Fsp3) is 0.333. The molecule has 0 aliphatic heterocycles. The molecule has 0 aromatic carbocycles. The first-order valence-corrected chi connectivity index (χ1v) is 7.24. The third kappa shape index (κ3) is 3.37. The fourth-order valence-electron chi connectivity index (χ4n) is 2.46. The molecule has 0 saturated carbocycles. The third-order valence-electron chi connectivity index (χ3n) is 3.63. The van der Waals surface area contributed by atoms with Crippen LogP contribution in [0.2, 0.25) is 0 Å². The van der Waals surface area contributed by atoms with Gasteiger partial charge in [-0.25, -0.2) is 14.3 Å². The van der Waals surface area contributed by atoms with E-state index in [4.69, 9.17) is 5.11 Å². The van der Waals surface area contributed by atoms with Crippen molar-refractivity contribution in [2.24, 2.45) is 7.05 Å². The quantitative estimate of drug-likeness (QED) is 0.725. The highest BCUT2D eigenvalue weighted by atomic mass is 16.4. The van der Waals surface area contributed by atoms with E-state index in [1.165, 1.54) is 16.3 Å². The molecule has 3 heterocycles. The summed E-state index contributed by atoms with van der Waals surface area (Å²) in [7, 11) is 3.94. The Morgan fingerprint density at radius 1 is 1.22 bits per heavy atom. The van der Waals surface area contributed by atoms with Crippen molar-refractivity contribution in [3.8, 4) is 0 Å². The lowest BCUT2D eigenvalue weighted by atomic mass is 10.2. The maximum atomic E-state index is 11.1. The molecular formula is C15H18N6O2. The van der Waals surface area contributed by atoms with Crippen LogP contribution in [-0.2, 0) is 20.0 Å². The number of hydrogen-bond acceptors (Lipinski definition) is 5. The highest BCUT2D eigenvalue weighted by Gasteiger charge is 2.13. The van der Waals surface area contributed by atoms with Gasteiger partial charge >= 0.3 is 5.97 Å². The number of fused-ring (bicyclic) bond motifs is 1. The summed E-state index contributed by atoms with van der Waals surface area (Å²) in [5, 5.41) is 17.3. The molecule has 120 valence electrons. The van der Waals surface area contributed by atoms with E-state index in [0.717, 1.165) is 18.5 Å². The zero-order chi connectivity index (χ0) is 16.4. The molecule has 8 nitrogen and oxygen atoms in total. The van der Waals surface area contributed by atoms with Crippen LogP contribution in [0.15, 0.2) is 31.0 Å². The van der Waals surface area contributed by atoms with Crippen LogP contribution in [0.1, 0.15) is 21.5 Å². The Balaban J connectivity index is 1.65. The number of aromatic nitrogens is 5. The van der Waals surface area contributed by atoms with Crippen LogP contribution in [0, 0.1) is 0 Å². The molecule has 8 heteroatoms. The first-order chi connectivity index (χ1) is 11.0. The number of nitrogens with zero attached hydrogens (tertiary/aromatic N) is 6. The van der Waals surface area contributed by atoms with E-state index < -0.39 is 5.97 Å². The molecule has 3 aromatic rings. The first kappa shape index (κ1) is 15.2. The minimum atomic E-state index is -1.02. The molecule has 0 fully saturated rings. The third-order valence-corrected chi connectivity index (χ3v) is 3.63. The normalized spacial score (nSPS) is 11.4. The number of carbonyl (C=O) groups is 1. The number of aryl methyl sites for hydroxylation is 1. The monoisotopic (exact) mass is 314 g/mol. The van der Waals surface area contributed by atoms with Crippen molar-refractivity contribution in [3.63, 3.8) is 0 Å². The van der Waals surface area contributed by atoms with Gasteiger partial charge in [0.1, 0.15) is 5.56 Å². The van der Waals surface area contributed by atoms with Gasteiger partial charge in [-0.2, -0.15) is 10.2 Å². The van der Waals surface area contributed by atoms with Gasteiger partial charge in [-0.15, -0.1) is 0 Å². The zero-order valence-corrected chi connectivity index (χ0v) is 13.0. The Morgan fingerprint density at radius 3 is 2.74 bits per heavy atom. The maximum Gasteiger partial charge on any atom is 0.341 e. The van der Waals surface area contributed by atoms with Crippen LogP contribution in [-0.4, -0.2) is 53.9 Å². The highest BCUT2D eigenvalue weighted by Crippen LogP contribution is 2.10. The van der Waals surface area contributed by atoms with Crippen molar-refractivity contribution in [1.29, 1.82) is 0 Å². The lowest BCUT2D eigenvalue weighted by Crippen LogP contribution is -2.21. The smallest absolute Gasteiger partial charge is 0.341 e. The van der Waals surface area contributed by atoms with Crippen LogP contribution in [0.3, 0.4) is 0 Å². The van der Waals surface area contributed by atoms with Crippen molar-refractivity contribution < 1.29 is 9.90 Å². The molecule has 1 N–H and O–H groups in total. The Labute approximate surface area is 133 Å². The van der Waals surface area contributed by atoms with E-state index in [1.54, 1.807) is 10.9 Å². The summed E-state index contributed by atoms with van der Waals surface area (Å²) >= 11 is 0. The number of carboxylic acid groups (broad SMARTS) is 1. The van der Waals surface area contributed by atoms with Gasteiger partial charge in [0, 0.05) is 44.3 Å². The van der Waals surface area contributed by atoms with E-state index in [2.05, 4.69) is 20.1 Å². The summed E-state index contributed by atoms with van der Waals surface area (Å²) in [6.07, 6.45) is 9.64. The summed E-state index contributed by atoms with van der Waals surface area (Å²) in [6, 6.07) is 0. The second kappa shape index (κ2) is 6.17. The molecule has 0 aliphatic carbocycles.